The van der Waals surface area contributed by atoms with Crippen molar-refractivity contribution < 1.29 is 4.74 Å². The number of benzene rings is 1. The number of thiophene rings is 1. The zero-order valence-corrected chi connectivity index (χ0v) is 19.3. The molecular weight excluding hydrogens is 418 g/mol. The maximum absolute atomic E-state index is 13.2. The van der Waals surface area contributed by atoms with Crippen molar-refractivity contribution in [3.63, 3.8) is 0 Å². The van der Waals surface area contributed by atoms with Crippen LogP contribution < -0.4 is 10.3 Å². The molecule has 2 aliphatic heterocycles. The van der Waals surface area contributed by atoms with Gasteiger partial charge in [0.1, 0.15) is 22.9 Å². The van der Waals surface area contributed by atoms with Gasteiger partial charge < -0.3 is 9.64 Å². The van der Waals surface area contributed by atoms with Crippen LogP contribution in [0.3, 0.4) is 0 Å². The maximum atomic E-state index is 13.2. The third-order valence-corrected chi connectivity index (χ3v) is 8.23. The van der Waals surface area contributed by atoms with Crippen molar-refractivity contribution in [1.82, 2.24) is 14.5 Å². The Morgan fingerprint density at radius 2 is 1.91 bits per heavy atom. The summed E-state index contributed by atoms with van der Waals surface area (Å²) in [4.78, 5) is 21.2. The molecule has 3 aliphatic rings. The Labute approximate surface area is 192 Å². The molecule has 3 atom stereocenters. The topological polar surface area (TPSA) is 47.4 Å². The average Bonchev–Trinajstić information content (AvgIpc) is 3.47. The average molecular weight is 446 g/mol. The molecule has 6 rings (SSSR count). The molecule has 4 heterocycles. The normalized spacial score (nSPS) is 25.0. The largest absolute Gasteiger partial charge is 0.490 e. The summed E-state index contributed by atoms with van der Waals surface area (Å²) in [6.45, 7) is 2.03. The van der Waals surface area contributed by atoms with Gasteiger partial charge in [-0.1, -0.05) is 11.8 Å². The first-order valence-electron chi connectivity index (χ1n) is 11.6. The number of ether oxygens (including phenoxy) is 1. The van der Waals surface area contributed by atoms with Crippen LogP contribution in [0.2, 0.25) is 0 Å². The van der Waals surface area contributed by atoms with E-state index in [2.05, 4.69) is 28.8 Å². The van der Waals surface area contributed by atoms with E-state index < -0.39 is 0 Å². The van der Waals surface area contributed by atoms with Crippen molar-refractivity contribution in [3.8, 4) is 23.3 Å². The van der Waals surface area contributed by atoms with E-state index in [0.29, 0.717) is 22.7 Å². The van der Waals surface area contributed by atoms with Gasteiger partial charge in [-0.3, -0.25) is 9.36 Å². The van der Waals surface area contributed by atoms with E-state index in [1.807, 2.05) is 31.2 Å². The first kappa shape index (κ1) is 20.0. The summed E-state index contributed by atoms with van der Waals surface area (Å²) in [5, 5.41) is 0. The van der Waals surface area contributed by atoms with Crippen LogP contribution in [0.25, 0.3) is 15.9 Å². The van der Waals surface area contributed by atoms with Crippen LogP contribution in [0.1, 0.15) is 49.0 Å². The minimum atomic E-state index is -0.0388. The monoisotopic (exact) mass is 445 g/mol. The zero-order valence-electron chi connectivity index (χ0n) is 18.5. The lowest BCUT2D eigenvalue weighted by atomic mass is 10.0. The molecule has 3 aromatic rings. The standard InChI is InChI=1S/C26H27N3O2S/c1-16-11-20(31-21-12-18-6-7-19(13-21)28(18)2)8-10-24(16)29-15-27-23-14-22(9-5-17-3-4-17)32-25(23)26(29)30/h8,10-11,14-15,17-19,21H,3-4,6-7,12-13H2,1-2H3/t18-,19+,21-. The second kappa shape index (κ2) is 7.75. The number of aromatic nitrogens is 2. The van der Waals surface area contributed by atoms with E-state index in [0.717, 1.165) is 40.2 Å². The van der Waals surface area contributed by atoms with Crippen molar-refractivity contribution in [2.75, 3.05) is 7.05 Å². The minimum Gasteiger partial charge on any atom is -0.490 e. The fourth-order valence-corrected chi connectivity index (χ4v) is 6.07. The third kappa shape index (κ3) is 3.64. The van der Waals surface area contributed by atoms with Crippen LogP contribution in [0.5, 0.6) is 5.75 Å². The Balaban J connectivity index is 1.25. The summed E-state index contributed by atoms with van der Waals surface area (Å²) < 4.78 is 8.67. The van der Waals surface area contributed by atoms with Crippen LogP contribution in [0.15, 0.2) is 35.4 Å². The second-order valence-electron chi connectivity index (χ2n) is 9.50. The SMILES string of the molecule is Cc1cc(O[C@@H]2C[C@H]3CC[C@@H](C2)N3C)ccc1-n1cnc2cc(C#CC3CC3)sc2c1=O. The highest BCUT2D eigenvalue weighted by Crippen LogP contribution is 2.36. The van der Waals surface area contributed by atoms with Crippen molar-refractivity contribution >= 4 is 21.6 Å². The van der Waals surface area contributed by atoms with Crippen molar-refractivity contribution in [2.24, 2.45) is 5.92 Å². The Morgan fingerprint density at radius 3 is 2.62 bits per heavy atom. The van der Waals surface area contributed by atoms with Gasteiger partial charge in [-0.15, -0.1) is 11.3 Å². The molecule has 2 bridgehead atoms. The van der Waals surface area contributed by atoms with Gasteiger partial charge >= 0.3 is 0 Å². The molecule has 1 saturated carbocycles. The van der Waals surface area contributed by atoms with Gasteiger partial charge in [-0.2, -0.15) is 0 Å². The Morgan fingerprint density at radius 1 is 1.12 bits per heavy atom. The van der Waals surface area contributed by atoms with Gasteiger partial charge in [0.25, 0.3) is 5.56 Å². The Kier molecular flexibility index (Phi) is 4.85. The van der Waals surface area contributed by atoms with E-state index in [1.54, 1.807) is 10.9 Å². The van der Waals surface area contributed by atoms with Crippen LogP contribution in [-0.4, -0.2) is 39.7 Å². The number of fused-ring (bicyclic) bond motifs is 3. The summed E-state index contributed by atoms with van der Waals surface area (Å²) in [6.07, 6.45) is 9.06. The highest BCUT2D eigenvalue weighted by Gasteiger charge is 2.39. The lowest BCUT2D eigenvalue weighted by Crippen LogP contribution is -2.43. The molecule has 2 saturated heterocycles. The molecule has 0 amide bonds. The fourth-order valence-electron chi connectivity index (χ4n) is 5.17. The van der Waals surface area contributed by atoms with E-state index in [9.17, 15) is 4.79 Å². The van der Waals surface area contributed by atoms with Gasteiger partial charge in [0.05, 0.1) is 16.1 Å². The molecule has 0 spiro atoms. The summed E-state index contributed by atoms with van der Waals surface area (Å²) in [7, 11) is 2.25. The molecule has 0 radical (unpaired) electrons. The summed E-state index contributed by atoms with van der Waals surface area (Å²) in [5.74, 6) is 7.91. The molecule has 6 heteroatoms. The first-order valence-corrected chi connectivity index (χ1v) is 12.4. The molecule has 5 nitrogen and oxygen atoms in total. The number of aryl methyl sites for hydroxylation is 1. The lowest BCUT2D eigenvalue weighted by molar-refractivity contribution is 0.0661. The number of hydrogen-bond donors (Lipinski definition) is 0. The molecule has 0 N–H and O–H groups in total. The number of nitrogens with zero attached hydrogens (tertiary/aromatic N) is 3. The zero-order chi connectivity index (χ0) is 21.8. The van der Waals surface area contributed by atoms with Gasteiger partial charge in [-0.25, -0.2) is 4.98 Å². The van der Waals surface area contributed by atoms with Gasteiger partial charge in [0.2, 0.25) is 0 Å². The highest BCUT2D eigenvalue weighted by molar-refractivity contribution is 7.19. The van der Waals surface area contributed by atoms with Crippen molar-refractivity contribution in [1.29, 1.82) is 0 Å². The van der Waals surface area contributed by atoms with Gasteiger partial charge in [0.15, 0.2) is 0 Å². The van der Waals surface area contributed by atoms with Crippen molar-refractivity contribution in [2.45, 2.75) is 63.6 Å². The van der Waals surface area contributed by atoms with E-state index >= 15 is 0 Å². The van der Waals surface area contributed by atoms with Crippen LogP contribution in [0, 0.1) is 24.7 Å². The Bertz CT molecular complexity index is 1300. The summed E-state index contributed by atoms with van der Waals surface area (Å²) in [5.41, 5.74) is 2.54. The fraction of sp³-hybridized carbons (Fsp3) is 0.462. The molecular formula is C26H27N3O2S. The van der Waals surface area contributed by atoms with Crippen LogP contribution >= 0.6 is 11.3 Å². The molecule has 32 heavy (non-hydrogen) atoms. The second-order valence-corrected chi connectivity index (χ2v) is 10.6. The van der Waals surface area contributed by atoms with Gasteiger partial charge in [-0.05, 0) is 82.3 Å². The maximum Gasteiger partial charge on any atom is 0.275 e. The summed E-state index contributed by atoms with van der Waals surface area (Å²) in [6, 6.07) is 9.25. The number of rotatable bonds is 3. The predicted molar refractivity (Wildman–Crippen MR) is 128 cm³/mol. The van der Waals surface area contributed by atoms with Crippen LogP contribution in [-0.2, 0) is 0 Å². The summed E-state index contributed by atoms with van der Waals surface area (Å²) >= 11 is 1.44. The first-order chi connectivity index (χ1) is 15.5. The number of piperidine rings is 1. The van der Waals surface area contributed by atoms with E-state index in [4.69, 9.17) is 4.74 Å². The molecule has 1 aliphatic carbocycles. The lowest BCUT2D eigenvalue weighted by Gasteiger charge is -2.36. The molecule has 2 aromatic heterocycles. The number of hydrogen-bond acceptors (Lipinski definition) is 5. The predicted octanol–water partition coefficient (Wildman–Crippen LogP) is 4.52. The van der Waals surface area contributed by atoms with Crippen molar-refractivity contribution in [3.05, 3.63) is 51.4 Å². The quantitative estimate of drug-likeness (QED) is 0.556. The molecule has 3 fully saturated rings. The third-order valence-electron chi connectivity index (χ3n) is 7.20. The minimum absolute atomic E-state index is 0.0388. The molecule has 0 unspecified atom stereocenters. The highest BCUT2D eigenvalue weighted by atomic mass is 32.1. The van der Waals surface area contributed by atoms with Gasteiger partial charge in [0, 0.05) is 18.0 Å². The van der Waals surface area contributed by atoms with E-state index in [-0.39, 0.29) is 11.7 Å². The smallest absolute Gasteiger partial charge is 0.275 e. The Hall–Kier alpha value is -2.62. The van der Waals surface area contributed by atoms with E-state index in [1.165, 1.54) is 37.0 Å². The molecule has 1 aromatic carbocycles. The molecule has 164 valence electrons. The van der Waals surface area contributed by atoms with Crippen LogP contribution in [0.4, 0.5) is 0 Å².